The molecule has 0 atom stereocenters. The number of carbonyl (C=O) groups excluding carboxylic acids is 2. The van der Waals surface area contributed by atoms with E-state index in [4.69, 9.17) is 14.2 Å². The summed E-state index contributed by atoms with van der Waals surface area (Å²) in [7, 11) is 4.57. The molecule has 9 nitrogen and oxygen atoms in total. The Morgan fingerprint density at radius 3 is 2.40 bits per heavy atom. The fourth-order valence-electron chi connectivity index (χ4n) is 2.82. The minimum Gasteiger partial charge on any atom is -0.496 e. The Kier molecular flexibility index (Phi) is 6.53. The monoisotopic (exact) mass is 410 g/mol. The van der Waals surface area contributed by atoms with Crippen LogP contribution in [0.25, 0.3) is 11.3 Å². The molecule has 0 unspecified atom stereocenters. The number of carbonyl (C=O) groups is 2. The summed E-state index contributed by atoms with van der Waals surface area (Å²) in [5, 5.41) is 12.1. The highest BCUT2D eigenvalue weighted by Crippen LogP contribution is 2.29. The summed E-state index contributed by atoms with van der Waals surface area (Å²) in [5.41, 5.74) is 1.85. The number of aromatic amines is 1. The molecule has 9 heteroatoms. The van der Waals surface area contributed by atoms with Crippen LogP contribution in [0.15, 0.2) is 48.5 Å². The first-order valence-electron chi connectivity index (χ1n) is 9.04. The van der Waals surface area contributed by atoms with Gasteiger partial charge in [-0.2, -0.15) is 5.10 Å². The van der Waals surface area contributed by atoms with Crippen LogP contribution >= 0.6 is 0 Å². The normalized spacial score (nSPS) is 10.2. The lowest BCUT2D eigenvalue weighted by atomic mass is 10.1. The molecule has 0 bridgehead atoms. The maximum atomic E-state index is 12.3. The predicted molar refractivity (Wildman–Crippen MR) is 111 cm³/mol. The van der Waals surface area contributed by atoms with Crippen LogP contribution in [-0.4, -0.2) is 49.9 Å². The summed E-state index contributed by atoms with van der Waals surface area (Å²) in [6.07, 6.45) is 0. The van der Waals surface area contributed by atoms with Crippen LogP contribution in [0.1, 0.15) is 10.4 Å². The standard InChI is InChI=1S/C21H22N4O5/c1-28-16-7-5-4-6-14(16)15-11-19(25-24-15)23-20(26)12-22-21(27)13-8-9-17(29-2)18(10-13)30-3/h4-11H,12H2,1-3H3,(H,22,27)(H2,23,24,25,26). The van der Waals surface area contributed by atoms with Gasteiger partial charge in [-0.15, -0.1) is 0 Å². The van der Waals surface area contributed by atoms with Gasteiger partial charge in [0.1, 0.15) is 5.75 Å². The first kappa shape index (κ1) is 20.7. The van der Waals surface area contributed by atoms with Crippen LogP contribution in [0.5, 0.6) is 17.2 Å². The van der Waals surface area contributed by atoms with Crippen molar-refractivity contribution >= 4 is 17.6 Å². The van der Waals surface area contributed by atoms with Crippen LogP contribution < -0.4 is 24.8 Å². The molecule has 1 aromatic heterocycles. The number of hydrogen-bond acceptors (Lipinski definition) is 6. The average molecular weight is 410 g/mol. The minimum absolute atomic E-state index is 0.218. The molecule has 0 saturated heterocycles. The van der Waals surface area contributed by atoms with E-state index in [2.05, 4.69) is 20.8 Å². The first-order valence-corrected chi connectivity index (χ1v) is 9.04. The highest BCUT2D eigenvalue weighted by molar-refractivity contribution is 5.99. The SMILES string of the molecule is COc1ccc(C(=O)NCC(=O)Nc2cc(-c3ccccc3OC)[nH]n2)cc1OC. The number of ether oxygens (including phenoxy) is 3. The molecular weight excluding hydrogens is 388 g/mol. The van der Waals surface area contributed by atoms with Crippen molar-refractivity contribution in [2.24, 2.45) is 0 Å². The fourth-order valence-corrected chi connectivity index (χ4v) is 2.82. The summed E-state index contributed by atoms with van der Waals surface area (Å²) >= 11 is 0. The summed E-state index contributed by atoms with van der Waals surface area (Å²) < 4.78 is 15.7. The van der Waals surface area contributed by atoms with Gasteiger partial charge in [0.15, 0.2) is 17.3 Å². The number of H-pyrrole nitrogens is 1. The number of anilines is 1. The third-order valence-corrected chi connectivity index (χ3v) is 4.30. The van der Waals surface area contributed by atoms with Crippen molar-refractivity contribution in [2.45, 2.75) is 0 Å². The van der Waals surface area contributed by atoms with E-state index in [1.165, 1.54) is 14.2 Å². The second kappa shape index (κ2) is 9.46. The van der Waals surface area contributed by atoms with E-state index in [9.17, 15) is 9.59 Å². The van der Waals surface area contributed by atoms with Gasteiger partial charge < -0.3 is 24.8 Å². The van der Waals surface area contributed by atoms with E-state index in [1.54, 1.807) is 31.4 Å². The Bertz CT molecular complexity index is 1050. The van der Waals surface area contributed by atoms with Gasteiger partial charge in [0.05, 0.1) is 33.6 Å². The smallest absolute Gasteiger partial charge is 0.251 e. The van der Waals surface area contributed by atoms with Crippen LogP contribution in [0.4, 0.5) is 5.82 Å². The van der Waals surface area contributed by atoms with Crippen LogP contribution in [0.3, 0.4) is 0 Å². The number of rotatable bonds is 8. The van der Waals surface area contributed by atoms with Gasteiger partial charge in [-0.25, -0.2) is 0 Å². The van der Waals surface area contributed by atoms with E-state index >= 15 is 0 Å². The second-order valence-electron chi connectivity index (χ2n) is 6.17. The van der Waals surface area contributed by atoms with Crippen LogP contribution in [0.2, 0.25) is 0 Å². The zero-order chi connectivity index (χ0) is 21.5. The Hall–Kier alpha value is -4.01. The molecule has 3 aromatic rings. The molecule has 3 rings (SSSR count). The lowest BCUT2D eigenvalue weighted by Gasteiger charge is -2.10. The summed E-state index contributed by atoms with van der Waals surface area (Å²) in [6.45, 7) is -0.218. The molecule has 2 amide bonds. The second-order valence-corrected chi connectivity index (χ2v) is 6.17. The van der Waals surface area contributed by atoms with Gasteiger partial charge >= 0.3 is 0 Å². The van der Waals surface area contributed by atoms with E-state index < -0.39 is 11.8 Å². The molecule has 0 aliphatic carbocycles. The Morgan fingerprint density at radius 2 is 1.67 bits per heavy atom. The van der Waals surface area contributed by atoms with Gasteiger partial charge in [-0.1, -0.05) is 12.1 Å². The first-order chi connectivity index (χ1) is 14.5. The molecule has 0 saturated carbocycles. The van der Waals surface area contributed by atoms with Crippen molar-refractivity contribution in [3.8, 4) is 28.5 Å². The van der Waals surface area contributed by atoms with Crippen molar-refractivity contribution in [3.05, 3.63) is 54.1 Å². The van der Waals surface area contributed by atoms with Crippen molar-refractivity contribution in [3.63, 3.8) is 0 Å². The molecule has 0 aliphatic heterocycles. The van der Waals surface area contributed by atoms with Gasteiger partial charge in [-0.05, 0) is 30.3 Å². The van der Waals surface area contributed by atoms with Crippen molar-refractivity contribution in [1.82, 2.24) is 15.5 Å². The number of hydrogen-bond donors (Lipinski definition) is 3. The Morgan fingerprint density at radius 1 is 0.933 bits per heavy atom. The third kappa shape index (κ3) is 4.69. The quantitative estimate of drug-likeness (QED) is 0.526. The van der Waals surface area contributed by atoms with E-state index in [-0.39, 0.29) is 6.54 Å². The highest BCUT2D eigenvalue weighted by Gasteiger charge is 2.14. The van der Waals surface area contributed by atoms with Crippen LogP contribution in [0, 0.1) is 0 Å². The molecule has 0 spiro atoms. The molecule has 1 heterocycles. The zero-order valence-electron chi connectivity index (χ0n) is 16.8. The van der Waals surface area contributed by atoms with Crippen molar-refractivity contribution < 1.29 is 23.8 Å². The molecule has 30 heavy (non-hydrogen) atoms. The fraction of sp³-hybridized carbons (Fsp3) is 0.190. The molecule has 0 aliphatic rings. The average Bonchev–Trinajstić information content (AvgIpc) is 3.24. The predicted octanol–water partition coefficient (Wildman–Crippen LogP) is 2.47. The molecule has 0 fully saturated rings. The van der Waals surface area contributed by atoms with Gasteiger partial charge in [0, 0.05) is 17.2 Å². The van der Waals surface area contributed by atoms with E-state index in [1.807, 2.05) is 24.3 Å². The lowest BCUT2D eigenvalue weighted by Crippen LogP contribution is -2.32. The van der Waals surface area contributed by atoms with Gasteiger partial charge in [0.25, 0.3) is 5.91 Å². The number of para-hydroxylation sites is 1. The maximum absolute atomic E-state index is 12.3. The maximum Gasteiger partial charge on any atom is 0.251 e. The number of nitrogens with one attached hydrogen (secondary N) is 3. The number of methoxy groups -OCH3 is 3. The molecular formula is C21H22N4O5. The molecule has 0 radical (unpaired) electrons. The largest absolute Gasteiger partial charge is 0.496 e. The number of amides is 2. The molecule has 2 aromatic carbocycles. The third-order valence-electron chi connectivity index (χ3n) is 4.30. The molecule has 156 valence electrons. The highest BCUT2D eigenvalue weighted by atomic mass is 16.5. The Balaban J connectivity index is 1.59. The van der Waals surface area contributed by atoms with Gasteiger partial charge in [0.2, 0.25) is 5.91 Å². The summed E-state index contributed by atoms with van der Waals surface area (Å²) in [5.74, 6) is 1.12. The van der Waals surface area contributed by atoms with E-state index in [0.717, 1.165) is 5.56 Å². The van der Waals surface area contributed by atoms with Crippen molar-refractivity contribution in [1.29, 1.82) is 0 Å². The number of aromatic nitrogens is 2. The van der Waals surface area contributed by atoms with Crippen molar-refractivity contribution in [2.75, 3.05) is 33.2 Å². The zero-order valence-corrected chi connectivity index (χ0v) is 16.8. The Labute approximate surface area is 173 Å². The van der Waals surface area contributed by atoms with E-state index in [0.29, 0.717) is 34.3 Å². The minimum atomic E-state index is -0.415. The summed E-state index contributed by atoms with van der Waals surface area (Å²) in [6, 6.07) is 13.9. The number of nitrogens with zero attached hydrogens (tertiary/aromatic N) is 1. The topological polar surface area (TPSA) is 115 Å². The summed E-state index contributed by atoms with van der Waals surface area (Å²) in [4.78, 5) is 24.5. The lowest BCUT2D eigenvalue weighted by molar-refractivity contribution is -0.115. The van der Waals surface area contributed by atoms with Crippen LogP contribution in [-0.2, 0) is 4.79 Å². The van der Waals surface area contributed by atoms with Gasteiger partial charge in [-0.3, -0.25) is 14.7 Å². The number of benzene rings is 2. The molecule has 3 N–H and O–H groups in total.